The number of aryl methyl sites for hydroxylation is 1. The van der Waals surface area contributed by atoms with E-state index in [1.165, 1.54) is 0 Å². The SMILES string of the molecule is Cn1cc(SCCOc2cccc(C#CCCO)c2)cn1. The number of aliphatic hydroxyl groups excluding tert-OH is 1. The summed E-state index contributed by atoms with van der Waals surface area (Å²) in [5.41, 5.74) is 0.904. The van der Waals surface area contributed by atoms with Crippen LogP contribution in [0.4, 0.5) is 0 Å². The molecule has 0 saturated carbocycles. The molecular formula is C16H18N2O2S. The Morgan fingerprint density at radius 3 is 3.10 bits per heavy atom. The lowest BCUT2D eigenvalue weighted by Gasteiger charge is -2.05. The van der Waals surface area contributed by atoms with E-state index < -0.39 is 0 Å². The van der Waals surface area contributed by atoms with E-state index in [0.717, 1.165) is 22.0 Å². The Balaban J connectivity index is 1.78. The van der Waals surface area contributed by atoms with E-state index in [4.69, 9.17) is 9.84 Å². The van der Waals surface area contributed by atoms with Crippen LogP contribution in [0, 0.1) is 11.8 Å². The van der Waals surface area contributed by atoms with Crippen LogP contribution in [0.5, 0.6) is 5.75 Å². The Morgan fingerprint density at radius 2 is 2.33 bits per heavy atom. The van der Waals surface area contributed by atoms with E-state index in [0.29, 0.717) is 13.0 Å². The van der Waals surface area contributed by atoms with Crippen LogP contribution in [0.25, 0.3) is 0 Å². The zero-order chi connectivity index (χ0) is 14.9. The van der Waals surface area contributed by atoms with Gasteiger partial charge in [0, 0.05) is 35.9 Å². The molecule has 0 aliphatic carbocycles. The largest absolute Gasteiger partial charge is 0.493 e. The molecule has 1 aromatic carbocycles. The molecule has 0 aliphatic rings. The van der Waals surface area contributed by atoms with Crippen LogP contribution in [0.3, 0.4) is 0 Å². The Labute approximate surface area is 129 Å². The number of nitrogens with zero attached hydrogens (tertiary/aromatic N) is 2. The predicted molar refractivity (Wildman–Crippen MR) is 84.4 cm³/mol. The standard InChI is InChI=1S/C16H18N2O2S/c1-18-13-16(12-17-18)21-10-9-20-15-7-4-6-14(11-15)5-2-3-8-19/h4,6-7,11-13,19H,3,8-10H2,1H3. The molecule has 0 spiro atoms. The molecule has 0 atom stereocenters. The second kappa shape index (κ2) is 8.40. The van der Waals surface area contributed by atoms with Gasteiger partial charge in [-0.25, -0.2) is 0 Å². The van der Waals surface area contributed by atoms with Crippen LogP contribution in [0.2, 0.25) is 0 Å². The second-order valence-electron chi connectivity index (χ2n) is 4.35. The van der Waals surface area contributed by atoms with Gasteiger partial charge in [0.2, 0.25) is 0 Å². The maximum absolute atomic E-state index is 8.70. The fourth-order valence-electron chi connectivity index (χ4n) is 1.68. The molecular weight excluding hydrogens is 284 g/mol. The number of hydrogen-bond donors (Lipinski definition) is 1. The molecule has 0 radical (unpaired) electrons. The van der Waals surface area contributed by atoms with Gasteiger partial charge >= 0.3 is 0 Å². The van der Waals surface area contributed by atoms with Crippen molar-refractivity contribution in [2.75, 3.05) is 19.0 Å². The van der Waals surface area contributed by atoms with Crippen molar-refractivity contribution >= 4 is 11.8 Å². The summed E-state index contributed by atoms with van der Waals surface area (Å²) < 4.78 is 7.51. The first kappa shape index (κ1) is 15.5. The lowest BCUT2D eigenvalue weighted by Crippen LogP contribution is -2.00. The number of rotatable bonds is 6. The molecule has 0 bridgehead atoms. The molecule has 110 valence electrons. The van der Waals surface area contributed by atoms with Gasteiger partial charge in [-0.1, -0.05) is 17.9 Å². The lowest BCUT2D eigenvalue weighted by molar-refractivity contribution is 0.305. The fraction of sp³-hybridized carbons (Fsp3) is 0.312. The summed E-state index contributed by atoms with van der Waals surface area (Å²) in [6.07, 6.45) is 4.33. The molecule has 1 aromatic heterocycles. The molecule has 2 rings (SSSR count). The van der Waals surface area contributed by atoms with Crippen LogP contribution in [0.1, 0.15) is 12.0 Å². The van der Waals surface area contributed by atoms with E-state index >= 15 is 0 Å². The summed E-state index contributed by atoms with van der Waals surface area (Å²) in [5, 5.41) is 12.8. The average molecular weight is 302 g/mol. The van der Waals surface area contributed by atoms with Crippen LogP contribution in [-0.4, -0.2) is 33.9 Å². The number of ether oxygens (including phenoxy) is 1. The van der Waals surface area contributed by atoms with Crippen molar-refractivity contribution < 1.29 is 9.84 Å². The highest BCUT2D eigenvalue weighted by Gasteiger charge is 1.98. The Morgan fingerprint density at radius 1 is 1.43 bits per heavy atom. The quantitative estimate of drug-likeness (QED) is 0.505. The topological polar surface area (TPSA) is 47.3 Å². The summed E-state index contributed by atoms with van der Waals surface area (Å²) in [6.45, 7) is 0.724. The summed E-state index contributed by atoms with van der Waals surface area (Å²) in [6, 6.07) is 7.69. The maximum atomic E-state index is 8.70. The highest BCUT2D eigenvalue weighted by Crippen LogP contribution is 2.17. The molecule has 21 heavy (non-hydrogen) atoms. The van der Waals surface area contributed by atoms with Crippen molar-refractivity contribution in [2.45, 2.75) is 11.3 Å². The minimum Gasteiger partial charge on any atom is -0.493 e. The van der Waals surface area contributed by atoms with E-state index in [2.05, 4.69) is 16.9 Å². The first-order valence-corrected chi connectivity index (χ1v) is 7.70. The van der Waals surface area contributed by atoms with Crippen molar-refractivity contribution in [3.05, 3.63) is 42.2 Å². The average Bonchev–Trinajstić information content (AvgIpc) is 2.90. The zero-order valence-corrected chi connectivity index (χ0v) is 12.8. The third-order valence-corrected chi connectivity index (χ3v) is 3.52. The smallest absolute Gasteiger partial charge is 0.120 e. The van der Waals surface area contributed by atoms with Crippen molar-refractivity contribution in [1.29, 1.82) is 0 Å². The van der Waals surface area contributed by atoms with Gasteiger partial charge in [0.25, 0.3) is 0 Å². The molecule has 0 amide bonds. The minimum atomic E-state index is 0.0920. The van der Waals surface area contributed by atoms with Gasteiger partial charge in [-0.3, -0.25) is 4.68 Å². The zero-order valence-electron chi connectivity index (χ0n) is 12.0. The van der Waals surface area contributed by atoms with Crippen molar-refractivity contribution in [2.24, 2.45) is 7.05 Å². The van der Waals surface area contributed by atoms with Crippen molar-refractivity contribution in [1.82, 2.24) is 9.78 Å². The molecule has 0 unspecified atom stereocenters. The Kier molecular flexibility index (Phi) is 6.20. The van der Waals surface area contributed by atoms with Gasteiger partial charge in [-0.15, -0.1) is 11.8 Å². The van der Waals surface area contributed by atoms with E-state index in [-0.39, 0.29) is 6.61 Å². The normalized spacial score (nSPS) is 10.0. The van der Waals surface area contributed by atoms with Crippen LogP contribution >= 0.6 is 11.8 Å². The van der Waals surface area contributed by atoms with Gasteiger partial charge in [-0.05, 0) is 18.2 Å². The summed E-state index contributed by atoms with van der Waals surface area (Å²) in [4.78, 5) is 1.14. The lowest BCUT2D eigenvalue weighted by atomic mass is 10.2. The third-order valence-electron chi connectivity index (χ3n) is 2.61. The van der Waals surface area contributed by atoms with E-state index in [1.54, 1.807) is 16.4 Å². The van der Waals surface area contributed by atoms with Crippen LogP contribution in [0.15, 0.2) is 41.6 Å². The number of aliphatic hydroxyl groups is 1. The second-order valence-corrected chi connectivity index (χ2v) is 5.52. The number of hydrogen-bond acceptors (Lipinski definition) is 4. The molecule has 0 saturated heterocycles. The maximum Gasteiger partial charge on any atom is 0.120 e. The predicted octanol–water partition coefficient (Wildman–Crippen LogP) is 2.33. The minimum absolute atomic E-state index is 0.0920. The molecule has 4 nitrogen and oxygen atoms in total. The Bertz CT molecular complexity index is 628. The first-order chi connectivity index (χ1) is 10.3. The Hall–Kier alpha value is -1.90. The van der Waals surface area contributed by atoms with Crippen LogP contribution < -0.4 is 4.74 Å². The molecule has 5 heteroatoms. The molecule has 1 heterocycles. The number of aromatic nitrogens is 2. The van der Waals surface area contributed by atoms with Crippen molar-refractivity contribution in [3.63, 3.8) is 0 Å². The molecule has 0 aliphatic heterocycles. The summed E-state index contributed by atoms with van der Waals surface area (Å²) in [7, 11) is 1.91. The van der Waals surface area contributed by atoms with Crippen molar-refractivity contribution in [3.8, 4) is 17.6 Å². The van der Waals surface area contributed by atoms with Gasteiger partial charge in [0.15, 0.2) is 0 Å². The molecule has 0 fully saturated rings. The van der Waals surface area contributed by atoms with Crippen LogP contribution in [-0.2, 0) is 7.05 Å². The summed E-state index contributed by atoms with van der Waals surface area (Å²) in [5.74, 6) is 7.58. The van der Waals surface area contributed by atoms with Gasteiger partial charge < -0.3 is 9.84 Å². The highest BCUT2D eigenvalue weighted by atomic mass is 32.2. The number of benzene rings is 1. The van der Waals surface area contributed by atoms with Gasteiger partial charge in [-0.2, -0.15) is 5.10 Å². The van der Waals surface area contributed by atoms with E-state index in [9.17, 15) is 0 Å². The monoisotopic (exact) mass is 302 g/mol. The van der Waals surface area contributed by atoms with Gasteiger partial charge in [0.05, 0.1) is 19.4 Å². The third kappa shape index (κ3) is 5.54. The van der Waals surface area contributed by atoms with E-state index in [1.807, 2.05) is 43.7 Å². The van der Waals surface area contributed by atoms with Gasteiger partial charge in [0.1, 0.15) is 5.75 Å². The first-order valence-electron chi connectivity index (χ1n) is 6.72. The molecule has 2 aromatic rings. The summed E-state index contributed by atoms with van der Waals surface area (Å²) >= 11 is 1.72. The highest BCUT2D eigenvalue weighted by molar-refractivity contribution is 7.99. The molecule has 1 N–H and O–H groups in total. The number of thioether (sulfide) groups is 1. The fourth-order valence-corrected chi connectivity index (χ4v) is 2.43.